The molecule has 0 radical (unpaired) electrons. The summed E-state index contributed by atoms with van der Waals surface area (Å²) < 4.78 is 44.2. The third-order valence-corrected chi connectivity index (χ3v) is 3.75. The Morgan fingerprint density at radius 1 is 1.29 bits per heavy atom. The molecule has 0 aromatic heterocycles. The topological polar surface area (TPSA) is 58.6 Å². The third-order valence-electron chi connectivity index (χ3n) is 3.75. The second-order valence-corrected chi connectivity index (χ2v) is 5.66. The Bertz CT molecular complexity index is 494. The molecule has 1 aromatic carbocycles. The summed E-state index contributed by atoms with van der Waals surface area (Å²) in [6, 6.07) is 7.46. The molecule has 1 aromatic rings. The van der Waals surface area contributed by atoms with Crippen LogP contribution in [0, 0.1) is 5.92 Å². The van der Waals surface area contributed by atoms with Crippen molar-refractivity contribution in [1.82, 2.24) is 5.32 Å². The molecule has 0 bridgehead atoms. The van der Waals surface area contributed by atoms with Crippen molar-refractivity contribution in [1.29, 1.82) is 0 Å². The van der Waals surface area contributed by atoms with Gasteiger partial charge in [-0.1, -0.05) is 50.1 Å². The molecule has 7 heteroatoms. The van der Waals surface area contributed by atoms with E-state index in [-0.39, 0.29) is 13.0 Å². The highest BCUT2D eigenvalue weighted by molar-refractivity contribution is 5.79. The molecular formula is C17H24F3NO3. The summed E-state index contributed by atoms with van der Waals surface area (Å²) in [5, 5.41) is 12.6. The predicted octanol–water partition coefficient (Wildman–Crippen LogP) is 3.22. The van der Waals surface area contributed by atoms with Crippen LogP contribution in [0.2, 0.25) is 0 Å². The van der Waals surface area contributed by atoms with Gasteiger partial charge in [0.15, 0.2) is 0 Å². The number of aliphatic hydroxyl groups is 1. The molecule has 0 unspecified atom stereocenters. The molecule has 1 rings (SSSR count). The van der Waals surface area contributed by atoms with Gasteiger partial charge in [0.05, 0.1) is 12.6 Å². The largest absolute Gasteiger partial charge is 0.400 e. The highest BCUT2D eigenvalue weighted by atomic mass is 19.4. The van der Waals surface area contributed by atoms with E-state index in [1.807, 2.05) is 0 Å². The average molecular weight is 347 g/mol. The van der Waals surface area contributed by atoms with E-state index >= 15 is 0 Å². The van der Waals surface area contributed by atoms with Crippen molar-refractivity contribution in [2.75, 3.05) is 13.7 Å². The minimum atomic E-state index is -4.62. The minimum absolute atomic E-state index is 0.0971. The lowest BCUT2D eigenvalue weighted by molar-refractivity contribution is -0.185. The Morgan fingerprint density at radius 2 is 1.92 bits per heavy atom. The van der Waals surface area contributed by atoms with Crippen LogP contribution < -0.4 is 5.32 Å². The van der Waals surface area contributed by atoms with E-state index in [9.17, 15) is 23.1 Å². The zero-order chi connectivity index (χ0) is 18.2. The first-order valence-electron chi connectivity index (χ1n) is 7.90. The second kappa shape index (κ2) is 9.64. The maximum absolute atomic E-state index is 13.1. The summed E-state index contributed by atoms with van der Waals surface area (Å²) in [6.07, 6.45) is -5.18. The molecule has 24 heavy (non-hydrogen) atoms. The third kappa shape index (κ3) is 6.13. The van der Waals surface area contributed by atoms with Gasteiger partial charge in [-0.05, 0) is 12.0 Å². The first-order chi connectivity index (χ1) is 11.3. The van der Waals surface area contributed by atoms with Crippen LogP contribution in [0.3, 0.4) is 0 Å². The summed E-state index contributed by atoms with van der Waals surface area (Å²) >= 11 is 0. The quantitative estimate of drug-likeness (QED) is 0.721. The fraction of sp³-hybridized carbons (Fsp3) is 0.588. The van der Waals surface area contributed by atoms with Gasteiger partial charge in [-0.25, -0.2) is 0 Å². The number of hydrogen-bond acceptors (Lipinski definition) is 3. The summed E-state index contributed by atoms with van der Waals surface area (Å²) in [5.74, 6) is -3.22. The Morgan fingerprint density at radius 3 is 2.42 bits per heavy atom. The molecule has 0 aliphatic carbocycles. The van der Waals surface area contributed by atoms with E-state index in [1.165, 1.54) is 7.11 Å². The monoisotopic (exact) mass is 347 g/mol. The van der Waals surface area contributed by atoms with Crippen LogP contribution in [-0.4, -0.2) is 36.9 Å². The van der Waals surface area contributed by atoms with Crippen LogP contribution in [0.5, 0.6) is 0 Å². The van der Waals surface area contributed by atoms with Gasteiger partial charge in [-0.15, -0.1) is 0 Å². The molecule has 136 valence electrons. The van der Waals surface area contributed by atoms with E-state index < -0.39 is 30.1 Å². The van der Waals surface area contributed by atoms with Crippen molar-refractivity contribution >= 4 is 5.91 Å². The molecule has 4 nitrogen and oxygen atoms in total. The Hall–Kier alpha value is -1.60. The number of methoxy groups -OCH3 is 1. The number of ether oxygens (including phenoxy) is 1. The number of hydrogen-bond donors (Lipinski definition) is 2. The van der Waals surface area contributed by atoms with Crippen LogP contribution in [0.4, 0.5) is 13.2 Å². The van der Waals surface area contributed by atoms with Crippen molar-refractivity contribution in [2.24, 2.45) is 5.92 Å². The number of halogens is 3. The van der Waals surface area contributed by atoms with Gasteiger partial charge >= 0.3 is 6.18 Å². The first-order valence-corrected chi connectivity index (χ1v) is 7.90. The number of benzene rings is 1. The lowest BCUT2D eigenvalue weighted by atomic mass is 9.98. The highest BCUT2D eigenvalue weighted by Crippen LogP contribution is 2.31. The van der Waals surface area contributed by atoms with Crippen molar-refractivity contribution in [3.63, 3.8) is 0 Å². The van der Waals surface area contributed by atoms with Crippen LogP contribution in [0.25, 0.3) is 0 Å². The van der Waals surface area contributed by atoms with Crippen LogP contribution in [0.1, 0.15) is 37.9 Å². The maximum Gasteiger partial charge on any atom is 0.400 e. The number of rotatable bonds is 9. The molecule has 0 spiro atoms. The number of unbranched alkanes of at least 4 members (excludes halogenated alkanes) is 1. The SMILES string of the molecule is CCCC[C@H](C(=O)N[C@@H](COC)[C@H](O)c1ccccc1)C(F)(F)F. The molecule has 0 aliphatic rings. The molecule has 1 amide bonds. The zero-order valence-corrected chi connectivity index (χ0v) is 13.8. The molecule has 2 N–H and O–H groups in total. The first kappa shape index (κ1) is 20.4. The second-order valence-electron chi connectivity index (χ2n) is 5.66. The fourth-order valence-corrected chi connectivity index (χ4v) is 2.41. The molecule has 0 saturated carbocycles. The normalized spacial score (nSPS) is 15.6. The molecule has 0 aliphatic heterocycles. The van der Waals surface area contributed by atoms with Gasteiger partial charge in [0.2, 0.25) is 5.91 Å². The summed E-state index contributed by atoms with van der Waals surface area (Å²) in [5.41, 5.74) is 0.497. The average Bonchev–Trinajstić information content (AvgIpc) is 2.53. The molecule has 3 atom stereocenters. The molecule has 0 fully saturated rings. The molecule has 0 saturated heterocycles. The fourth-order valence-electron chi connectivity index (χ4n) is 2.41. The number of carbonyl (C=O) groups excluding carboxylic acids is 1. The van der Waals surface area contributed by atoms with E-state index in [2.05, 4.69) is 5.32 Å². The Balaban J connectivity index is 2.87. The van der Waals surface area contributed by atoms with Gasteiger partial charge in [0.25, 0.3) is 0 Å². The van der Waals surface area contributed by atoms with Crippen LogP contribution in [-0.2, 0) is 9.53 Å². The molecule has 0 heterocycles. The van der Waals surface area contributed by atoms with E-state index in [4.69, 9.17) is 4.74 Å². The van der Waals surface area contributed by atoms with E-state index in [0.29, 0.717) is 18.4 Å². The van der Waals surface area contributed by atoms with Crippen molar-refractivity contribution in [3.05, 3.63) is 35.9 Å². The minimum Gasteiger partial charge on any atom is -0.386 e. The van der Waals surface area contributed by atoms with Crippen molar-refractivity contribution < 1.29 is 27.8 Å². The number of alkyl halides is 3. The number of aliphatic hydroxyl groups excluding tert-OH is 1. The maximum atomic E-state index is 13.1. The van der Waals surface area contributed by atoms with Crippen LogP contribution >= 0.6 is 0 Å². The standard InChI is InChI=1S/C17H24F3NO3/c1-3-4-10-13(17(18,19)20)16(23)21-14(11-24-2)15(22)12-8-6-5-7-9-12/h5-9,13-15,22H,3-4,10-11H2,1-2H3,(H,21,23)/t13-,14+,15-/m1/s1. The zero-order valence-electron chi connectivity index (χ0n) is 13.8. The van der Waals surface area contributed by atoms with E-state index in [1.54, 1.807) is 37.3 Å². The lowest BCUT2D eigenvalue weighted by Crippen LogP contribution is -2.48. The number of carbonyl (C=O) groups is 1. The Labute approximate surface area is 140 Å². The smallest absolute Gasteiger partial charge is 0.386 e. The number of amides is 1. The van der Waals surface area contributed by atoms with Gasteiger partial charge in [0, 0.05) is 7.11 Å². The van der Waals surface area contributed by atoms with Crippen molar-refractivity contribution in [2.45, 2.75) is 44.5 Å². The number of nitrogens with one attached hydrogen (secondary N) is 1. The van der Waals surface area contributed by atoms with Gasteiger partial charge in [0.1, 0.15) is 12.0 Å². The van der Waals surface area contributed by atoms with Crippen molar-refractivity contribution in [3.8, 4) is 0 Å². The Kier molecular flexibility index (Phi) is 8.21. The van der Waals surface area contributed by atoms with E-state index in [0.717, 1.165) is 0 Å². The van der Waals surface area contributed by atoms with Gasteiger partial charge in [-0.2, -0.15) is 13.2 Å². The molecular weight excluding hydrogens is 323 g/mol. The summed E-state index contributed by atoms with van der Waals surface area (Å²) in [4.78, 5) is 12.1. The predicted molar refractivity (Wildman–Crippen MR) is 84.3 cm³/mol. The lowest BCUT2D eigenvalue weighted by Gasteiger charge is -2.27. The highest BCUT2D eigenvalue weighted by Gasteiger charge is 2.44. The van der Waals surface area contributed by atoms with Gasteiger partial charge in [-0.3, -0.25) is 4.79 Å². The summed E-state index contributed by atoms with van der Waals surface area (Å²) in [6.45, 7) is 1.67. The van der Waals surface area contributed by atoms with Crippen LogP contribution in [0.15, 0.2) is 30.3 Å². The summed E-state index contributed by atoms with van der Waals surface area (Å²) in [7, 11) is 1.36. The van der Waals surface area contributed by atoms with Gasteiger partial charge < -0.3 is 15.2 Å².